The van der Waals surface area contributed by atoms with Crippen LogP contribution in [0.3, 0.4) is 0 Å². The van der Waals surface area contributed by atoms with Crippen molar-refractivity contribution in [2.24, 2.45) is 5.41 Å². The minimum absolute atomic E-state index is 0.0798. The molecular formula is C13H17Cl2NO3S. The van der Waals surface area contributed by atoms with E-state index in [1.165, 1.54) is 19.1 Å². The first-order valence-electron chi connectivity index (χ1n) is 5.95. The third-order valence-electron chi connectivity index (χ3n) is 2.61. The minimum Gasteiger partial charge on any atom is -0.352 e. The van der Waals surface area contributed by atoms with Gasteiger partial charge >= 0.3 is 0 Å². The van der Waals surface area contributed by atoms with Crippen LogP contribution in [0.25, 0.3) is 0 Å². The fraction of sp³-hybridized carbons (Fsp3) is 0.462. The highest BCUT2D eigenvalue weighted by Crippen LogP contribution is 2.27. The van der Waals surface area contributed by atoms with Crippen LogP contribution in [0.5, 0.6) is 0 Å². The van der Waals surface area contributed by atoms with Crippen molar-refractivity contribution in [1.29, 1.82) is 0 Å². The Balaban J connectivity index is 3.20. The Morgan fingerprint density at radius 2 is 1.85 bits per heavy atom. The first-order chi connectivity index (χ1) is 8.92. The third kappa shape index (κ3) is 4.65. The van der Waals surface area contributed by atoms with Gasteiger partial charge in [0, 0.05) is 27.8 Å². The molecule has 112 valence electrons. The van der Waals surface area contributed by atoms with E-state index in [4.69, 9.17) is 22.3 Å². The number of carbonyl (C=O) groups is 1. The molecule has 0 aromatic heterocycles. The van der Waals surface area contributed by atoms with Crippen LogP contribution in [0.15, 0.2) is 17.0 Å². The van der Waals surface area contributed by atoms with Crippen molar-refractivity contribution >= 4 is 37.2 Å². The van der Waals surface area contributed by atoms with Crippen molar-refractivity contribution < 1.29 is 13.2 Å². The van der Waals surface area contributed by atoms with Gasteiger partial charge < -0.3 is 5.32 Å². The van der Waals surface area contributed by atoms with Crippen LogP contribution in [0.4, 0.5) is 0 Å². The van der Waals surface area contributed by atoms with Crippen LogP contribution in [0.1, 0.15) is 36.7 Å². The molecule has 0 aliphatic heterocycles. The summed E-state index contributed by atoms with van der Waals surface area (Å²) in [7, 11) is 1.40. The first kappa shape index (κ1) is 17.3. The highest BCUT2D eigenvalue weighted by atomic mass is 35.7. The van der Waals surface area contributed by atoms with Crippen molar-refractivity contribution in [2.45, 2.75) is 32.6 Å². The SMILES string of the molecule is Cc1c(C(=O)NCC(C)(C)C)cc(Cl)cc1S(=O)(=O)Cl. The normalized spacial score (nSPS) is 12.3. The highest BCUT2D eigenvalue weighted by molar-refractivity contribution is 8.13. The van der Waals surface area contributed by atoms with Crippen molar-refractivity contribution in [3.8, 4) is 0 Å². The molecule has 0 aliphatic rings. The summed E-state index contributed by atoms with van der Waals surface area (Å²) in [6.07, 6.45) is 0. The molecule has 0 unspecified atom stereocenters. The molecule has 0 saturated carbocycles. The van der Waals surface area contributed by atoms with Gasteiger partial charge in [-0.25, -0.2) is 8.42 Å². The number of halogens is 2. The zero-order valence-electron chi connectivity index (χ0n) is 11.8. The van der Waals surface area contributed by atoms with E-state index in [0.717, 1.165) is 0 Å². The predicted octanol–water partition coefficient (Wildman–Crippen LogP) is 3.35. The van der Waals surface area contributed by atoms with Crippen molar-refractivity contribution in [3.05, 3.63) is 28.3 Å². The molecule has 0 aliphatic carbocycles. The van der Waals surface area contributed by atoms with Crippen LogP contribution in [-0.4, -0.2) is 20.9 Å². The first-order valence-corrected chi connectivity index (χ1v) is 8.63. The Morgan fingerprint density at radius 3 is 2.30 bits per heavy atom. The van der Waals surface area contributed by atoms with E-state index in [9.17, 15) is 13.2 Å². The average molecular weight is 338 g/mol. The molecule has 0 saturated heterocycles. The molecule has 0 bridgehead atoms. The van der Waals surface area contributed by atoms with Crippen molar-refractivity contribution in [2.75, 3.05) is 6.54 Å². The lowest BCUT2D eigenvalue weighted by Gasteiger charge is -2.19. The van der Waals surface area contributed by atoms with Gasteiger partial charge in [-0.2, -0.15) is 0 Å². The van der Waals surface area contributed by atoms with E-state index in [-0.39, 0.29) is 32.4 Å². The van der Waals surface area contributed by atoms with Crippen LogP contribution in [0.2, 0.25) is 5.02 Å². The Hall–Kier alpha value is -0.780. The number of rotatable bonds is 3. The summed E-state index contributed by atoms with van der Waals surface area (Å²) in [5, 5.41) is 2.90. The maximum absolute atomic E-state index is 12.1. The van der Waals surface area contributed by atoms with E-state index in [0.29, 0.717) is 6.54 Å². The summed E-state index contributed by atoms with van der Waals surface area (Å²) in [5.74, 6) is -0.374. The molecule has 1 amide bonds. The molecule has 1 N–H and O–H groups in total. The van der Waals surface area contributed by atoms with E-state index >= 15 is 0 Å². The smallest absolute Gasteiger partial charge is 0.261 e. The highest BCUT2D eigenvalue weighted by Gasteiger charge is 2.21. The number of benzene rings is 1. The van der Waals surface area contributed by atoms with Gasteiger partial charge in [-0.1, -0.05) is 32.4 Å². The summed E-state index contributed by atoms with van der Waals surface area (Å²) in [6, 6.07) is 2.67. The number of hydrogen-bond acceptors (Lipinski definition) is 3. The molecule has 1 aromatic carbocycles. The summed E-state index contributed by atoms with van der Waals surface area (Å²) in [6.45, 7) is 7.92. The molecule has 1 rings (SSSR count). The van der Waals surface area contributed by atoms with Crippen LogP contribution in [0, 0.1) is 12.3 Å². The number of carbonyl (C=O) groups excluding carboxylic acids is 1. The molecule has 1 aromatic rings. The number of nitrogens with one attached hydrogen (secondary N) is 1. The standard InChI is InChI=1S/C13H17Cl2NO3S/c1-8-10(12(17)16-7-13(2,3)4)5-9(14)6-11(8)20(15,18)19/h5-6H,7H2,1-4H3,(H,16,17). The molecule has 0 fully saturated rings. The second-order valence-electron chi connectivity index (χ2n) is 5.76. The van der Waals surface area contributed by atoms with E-state index in [1.54, 1.807) is 0 Å². The zero-order chi connectivity index (χ0) is 15.7. The second kappa shape index (κ2) is 5.92. The maximum atomic E-state index is 12.1. The largest absolute Gasteiger partial charge is 0.352 e. The Bertz CT molecular complexity index is 634. The van der Waals surface area contributed by atoms with E-state index in [2.05, 4.69) is 5.32 Å². The zero-order valence-corrected chi connectivity index (χ0v) is 14.1. The van der Waals surface area contributed by atoms with Crippen LogP contribution >= 0.6 is 22.3 Å². The lowest BCUT2D eigenvalue weighted by atomic mass is 9.96. The van der Waals surface area contributed by atoms with Gasteiger partial charge in [0.05, 0.1) is 4.90 Å². The maximum Gasteiger partial charge on any atom is 0.261 e. The minimum atomic E-state index is -3.95. The van der Waals surface area contributed by atoms with Gasteiger partial charge in [0.15, 0.2) is 0 Å². The van der Waals surface area contributed by atoms with Gasteiger partial charge in [-0.3, -0.25) is 4.79 Å². The Labute approximate surface area is 128 Å². The molecule has 0 heterocycles. The Kier molecular flexibility index (Phi) is 5.11. The topological polar surface area (TPSA) is 63.2 Å². The summed E-state index contributed by atoms with van der Waals surface area (Å²) in [5.41, 5.74) is 0.417. The lowest BCUT2D eigenvalue weighted by molar-refractivity contribution is 0.0938. The average Bonchev–Trinajstić information content (AvgIpc) is 2.26. The lowest BCUT2D eigenvalue weighted by Crippen LogP contribution is -2.32. The Morgan fingerprint density at radius 1 is 1.30 bits per heavy atom. The summed E-state index contributed by atoms with van der Waals surface area (Å²) in [4.78, 5) is 12.0. The van der Waals surface area contributed by atoms with Gasteiger partial charge in [-0.05, 0) is 30.0 Å². The van der Waals surface area contributed by atoms with Crippen LogP contribution in [-0.2, 0) is 9.05 Å². The summed E-state index contributed by atoms with van der Waals surface area (Å²) >= 11 is 5.86. The molecule has 0 radical (unpaired) electrons. The fourth-order valence-electron chi connectivity index (χ4n) is 1.58. The van der Waals surface area contributed by atoms with Gasteiger partial charge in [0.2, 0.25) is 0 Å². The third-order valence-corrected chi connectivity index (χ3v) is 4.28. The molecule has 0 atom stereocenters. The summed E-state index contributed by atoms with van der Waals surface area (Å²) < 4.78 is 22.9. The number of amides is 1. The molecule has 7 heteroatoms. The molecule has 20 heavy (non-hydrogen) atoms. The number of hydrogen-bond donors (Lipinski definition) is 1. The van der Waals surface area contributed by atoms with E-state index < -0.39 is 9.05 Å². The molecule has 0 spiro atoms. The predicted molar refractivity (Wildman–Crippen MR) is 81.0 cm³/mol. The fourth-order valence-corrected chi connectivity index (χ4v) is 3.09. The van der Waals surface area contributed by atoms with Gasteiger partial charge in [0.1, 0.15) is 0 Å². The van der Waals surface area contributed by atoms with Crippen molar-refractivity contribution in [1.82, 2.24) is 5.32 Å². The second-order valence-corrected chi connectivity index (χ2v) is 8.73. The van der Waals surface area contributed by atoms with Crippen molar-refractivity contribution in [3.63, 3.8) is 0 Å². The molecular weight excluding hydrogens is 321 g/mol. The quantitative estimate of drug-likeness (QED) is 0.860. The van der Waals surface area contributed by atoms with Crippen LogP contribution < -0.4 is 5.32 Å². The van der Waals surface area contributed by atoms with E-state index in [1.807, 2.05) is 20.8 Å². The van der Waals surface area contributed by atoms with Gasteiger partial charge in [-0.15, -0.1) is 0 Å². The monoisotopic (exact) mass is 337 g/mol. The molecule has 4 nitrogen and oxygen atoms in total. The van der Waals surface area contributed by atoms with Gasteiger partial charge in [0.25, 0.3) is 15.0 Å².